The van der Waals surface area contributed by atoms with Crippen LogP contribution in [0.25, 0.3) is 0 Å². The number of imide groups is 2. The zero-order valence-corrected chi connectivity index (χ0v) is 15.8. The van der Waals surface area contributed by atoms with Crippen LogP contribution < -0.4 is 0 Å². The molecule has 0 unspecified atom stereocenters. The average molecular weight is 368 g/mol. The first-order valence-corrected chi connectivity index (χ1v) is 9.30. The molecule has 4 amide bonds. The van der Waals surface area contributed by atoms with Crippen molar-refractivity contribution in [2.24, 2.45) is 10.8 Å². The molecule has 0 atom stereocenters. The van der Waals surface area contributed by atoms with Crippen molar-refractivity contribution in [1.82, 2.24) is 14.8 Å². The van der Waals surface area contributed by atoms with Crippen LogP contribution in [0.3, 0.4) is 0 Å². The van der Waals surface area contributed by atoms with Gasteiger partial charge in [0, 0.05) is 26.5 Å². The van der Waals surface area contributed by atoms with Crippen LogP contribution in [0.15, 0.2) is 24.5 Å². The summed E-state index contributed by atoms with van der Waals surface area (Å²) in [6, 6.07) is 5.39. The first kappa shape index (κ1) is 19.0. The number of urea groups is 1. The van der Waals surface area contributed by atoms with E-state index in [1.54, 1.807) is 12.4 Å². The highest BCUT2D eigenvalue weighted by Crippen LogP contribution is 2.55. The Morgan fingerprint density at radius 1 is 1.04 bits per heavy atom. The summed E-state index contributed by atoms with van der Waals surface area (Å²) in [7, 11) is 2.78. The fraction of sp³-hybridized carbons (Fsp3) is 0.550. The minimum Gasteiger partial charge on any atom is -0.273 e. The maximum Gasteiger partial charge on any atom is 0.332 e. The van der Waals surface area contributed by atoms with E-state index in [4.69, 9.17) is 0 Å². The molecule has 1 aliphatic heterocycles. The molecule has 1 aliphatic carbocycles. The van der Waals surface area contributed by atoms with Gasteiger partial charge in [0.1, 0.15) is 5.41 Å². The van der Waals surface area contributed by atoms with Crippen LogP contribution in [0, 0.1) is 22.2 Å². The zero-order chi connectivity index (χ0) is 19.7. The van der Waals surface area contributed by atoms with Gasteiger partial charge in [0.15, 0.2) is 0 Å². The second-order valence-electron chi connectivity index (χ2n) is 7.53. The highest BCUT2D eigenvalue weighted by molar-refractivity contribution is 6.19. The standard InChI is InChI=1S/C20H24N4O3/c1-23-16(25)20(17(26)24(2)18(23)27,11-6-15-7-12-22-13-8-15)19(14-21)9-4-3-5-10-19/h7-8,12-13H,3-6,9-11H2,1-2H3. The van der Waals surface area contributed by atoms with Crippen molar-refractivity contribution in [3.8, 4) is 6.07 Å². The van der Waals surface area contributed by atoms with Gasteiger partial charge in [0.05, 0.1) is 11.5 Å². The number of barbiturate groups is 1. The van der Waals surface area contributed by atoms with Crippen LogP contribution in [-0.4, -0.2) is 46.7 Å². The number of pyridine rings is 1. The molecule has 0 aromatic carbocycles. The molecule has 0 bridgehead atoms. The van der Waals surface area contributed by atoms with E-state index in [1.165, 1.54) is 14.1 Å². The first-order valence-electron chi connectivity index (χ1n) is 9.30. The van der Waals surface area contributed by atoms with E-state index < -0.39 is 28.7 Å². The normalized spacial score (nSPS) is 21.9. The Bertz CT molecular complexity index is 769. The maximum absolute atomic E-state index is 13.4. The number of aromatic nitrogens is 1. The molecule has 3 rings (SSSR count). The second-order valence-corrected chi connectivity index (χ2v) is 7.53. The topological polar surface area (TPSA) is 94.4 Å². The van der Waals surface area contributed by atoms with Crippen LogP contribution in [0.4, 0.5) is 4.79 Å². The lowest BCUT2D eigenvalue weighted by molar-refractivity contribution is -0.167. The van der Waals surface area contributed by atoms with Gasteiger partial charge in [-0.3, -0.25) is 24.4 Å². The van der Waals surface area contributed by atoms with E-state index >= 15 is 0 Å². The van der Waals surface area contributed by atoms with Gasteiger partial charge in [-0.05, 0) is 43.4 Å². The molecule has 2 heterocycles. The third-order valence-electron chi connectivity index (χ3n) is 6.19. The third-order valence-corrected chi connectivity index (χ3v) is 6.19. The van der Waals surface area contributed by atoms with Crippen LogP contribution in [0.1, 0.15) is 44.1 Å². The third kappa shape index (κ3) is 2.80. The van der Waals surface area contributed by atoms with Crippen molar-refractivity contribution >= 4 is 17.8 Å². The molecule has 1 saturated heterocycles. The van der Waals surface area contributed by atoms with E-state index in [0.29, 0.717) is 19.3 Å². The molecule has 0 spiro atoms. The largest absolute Gasteiger partial charge is 0.332 e. The van der Waals surface area contributed by atoms with Gasteiger partial charge < -0.3 is 0 Å². The minimum atomic E-state index is -1.54. The molecule has 1 saturated carbocycles. The SMILES string of the molecule is CN1C(=O)N(C)C(=O)C(CCc2ccncc2)(C2(C#N)CCCCC2)C1=O. The number of hydrogen-bond acceptors (Lipinski definition) is 5. The number of nitriles is 1. The Hall–Kier alpha value is -2.75. The molecule has 1 aromatic heterocycles. The summed E-state index contributed by atoms with van der Waals surface area (Å²) < 4.78 is 0. The predicted molar refractivity (Wildman–Crippen MR) is 97.1 cm³/mol. The molecular weight excluding hydrogens is 344 g/mol. The molecule has 2 fully saturated rings. The van der Waals surface area contributed by atoms with Gasteiger partial charge >= 0.3 is 6.03 Å². The monoisotopic (exact) mass is 368 g/mol. The van der Waals surface area contributed by atoms with Crippen molar-refractivity contribution in [1.29, 1.82) is 5.26 Å². The van der Waals surface area contributed by atoms with Crippen molar-refractivity contribution in [2.45, 2.75) is 44.9 Å². The number of rotatable bonds is 4. The second kappa shape index (κ2) is 7.10. The molecule has 0 radical (unpaired) electrons. The molecule has 142 valence electrons. The fourth-order valence-electron chi connectivity index (χ4n) is 4.60. The Morgan fingerprint density at radius 2 is 1.59 bits per heavy atom. The number of carbonyl (C=O) groups excluding carboxylic acids is 3. The Labute approximate surface area is 159 Å². The number of carbonyl (C=O) groups is 3. The summed E-state index contributed by atoms with van der Waals surface area (Å²) in [5.41, 5.74) is -1.69. The molecule has 2 aliphatic rings. The van der Waals surface area contributed by atoms with Gasteiger partial charge in [0.25, 0.3) is 0 Å². The van der Waals surface area contributed by atoms with Crippen LogP contribution in [-0.2, 0) is 16.0 Å². The zero-order valence-electron chi connectivity index (χ0n) is 15.8. The van der Waals surface area contributed by atoms with E-state index in [-0.39, 0.29) is 6.42 Å². The molecule has 7 nitrogen and oxygen atoms in total. The van der Waals surface area contributed by atoms with E-state index in [9.17, 15) is 19.6 Å². The van der Waals surface area contributed by atoms with Gasteiger partial charge in [-0.25, -0.2) is 4.79 Å². The van der Waals surface area contributed by atoms with Crippen molar-refractivity contribution in [3.05, 3.63) is 30.1 Å². The molecule has 27 heavy (non-hydrogen) atoms. The van der Waals surface area contributed by atoms with Gasteiger partial charge in [-0.2, -0.15) is 5.26 Å². The smallest absolute Gasteiger partial charge is 0.273 e. The lowest BCUT2D eigenvalue weighted by atomic mass is 9.54. The Balaban J connectivity index is 2.10. The van der Waals surface area contributed by atoms with Crippen molar-refractivity contribution in [2.75, 3.05) is 14.1 Å². The van der Waals surface area contributed by atoms with Crippen LogP contribution >= 0.6 is 0 Å². The molecular formula is C20H24N4O3. The lowest BCUT2D eigenvalue weighted by Gasteiger charge is -2.51. The number of hydrogen-bond donors (Lipinski definition) is 0. The molecule has 1 aromatic rings. The number of nitrogens with zero attached hydrogens (tertiary/aromatic N) is 4. The fourth-order valence-corrected chi connectivity index (χ4v) is 4.60. The summed E-state index contributed by atoms with van der Waals surface area (Å²) in [5.74, 6) is -1.10. The van der Waals surface area contributed by atoms with E-state index in [2.05, 4.69) is 11.1 Å². The summed E-state index contributed by atoms with van der Waals surface area (Å²) in [6.07, 6.45) is 7.55. The van der Waals surface area contributed by atoms with Gasteiger partial charge in [0.2, 0.25) is 11.8 Å². The maximum atomic E-state index is 13.4. The summed E-state index contributed by atoms with van der Waals surface area (Å²) in [4.78, 5) is 45.1. The van der Waals surface area contributed by atoms with Gasteiger partial charge in [-0.1, -0.05) is 19.3 Å². The average Bonchev–Trinajstić information content (AvgIpc) is 2.72. The summed E-state index contributed by atoms with van der Waals surface area (Å²) in [5, 5.41) is 10.1. The number of amides is 4. The number of aryl methyl sites for hydroxylation is 1. The molecule has 7 heteroatoms. The Kier molecular flexibility index (Phi) is 5.01. The Morgan fingerprint density at radius 3 is 2.11 bits per heavy atom. The van der Waals surface area contributed by atoms with Crippen molar-refractivity contribution < 1.29 is 14.4 Å². The first-order chi connectivity index (χ1) is 12.9. The highest BCUT2D eigenvalue weighted by atomic mass is 16.2. The van der Waals surface area contributed by atoms with Crippen LogP contribution in [0.2, 0.25) is 0 Å². The highest BCUT2D eigenvalue weighted by Gasteiger charge is 2.66. The van der Waals surface area contributed by atoms with Gasteiger partial charge in [-0.15, -0.1) is 0 Å². The summed E-state index contributed by atoms with van der Waals surface area (Å²) >= 11 is 0. The predicted octanol–water partition coefficient (Wildman–Crippen LogP) is 2.53. The van der Waals surface area contributed by atoms with E-state index in [1.807, 2.05) is 12.1 Å². The minimum absolute atomic E-state index is 0.199. The van der Waals surface area contributed by atoms with E-state index in [0.717, 1.165) is 34.6 Å². The molecule has 0 N–H and O–H groups in total. The van der Waals surface area contributed by atoms with Crippen LogP contribution in [0.5, 0.6) is 0 Å². The lowest BCUT2D eigenvalue weighted by Crippen LogP contribution is -2.68. The quantitative estimate of drug-likeness (QED) is 0.761. The summed E-state index contributed by atoms with van der Waals surface area (Å²) in [6.45, 7) is 0. The van der Waals surface area contributed by atoms with Crippen molar-refractivity contribution in [3.63, 3.8) is 0 Å².